The van der Waals surface area contributed by atoms with E-state index in [0.717, 1.165) is 0 Å². The highest BCUT2D eigenvalue weighted by Crippen LogP contribution is 1.82. The van der Waals surface area contributed by atoms with E-state index in [0.29, 0.717) is 19.7 Å². The summed E-state index contributed by atoms with van der Waals surface area (Å²) >= 11 is 0. The standard InChI is InChI=1S/C9H18N4O2/c1-8(6-15-3)10-4-5-13-9(14)12(2)7-11-13/h7-8,10H,4-6H2,1-3H3. The number of rotatable bonds is 6. The second kappa shape index (κ2) is 5.67. The highest BCUT2D eigenvalue weighted by Gasteiger charge is 2.02. The van der Waals surface area contributed by atoms with Crippen LogP contribution in [0.1, 0.15) is 6.92 Å². The Balaban J connectivity index is 2.32. The summed E-state index contributed by atoms with van der Waals surface area (Å²) in [5, 5.41) is 7.19. The lowest BCUT2D eigenvalue weighted by Gasteiger charge is -2.11. The number of hydrogen-bond acceptors (Lipinski definition) is 4. The summed E-state index contributed by atoms with van der Waals surface area (Å²) in [5.41, 5.74) is -0.0869. The first kappa shape index (κ1) is 11.9. The van der Waals surface area contributed by atoms with E-state index >= 15 is 0 Å². The zero-order valence-electron chi connectivity index (χ0n) is 9.43. The number of aromatic nitrogens is 3. The van der Waals surface area contributed by atoms with Crippen LogP contribution in [0.2, 0.25) is 0 Å². The van der Waals surface area contributed by atoms with Gasteiger partial charge in [0.25, 0.3) is 0 Å². The van der Waals surface area contributed by atoms with Crippen molar-refractivity contribution in [2.75, 3.05) is 20.3 Å². The van der Waals surface area contributed by atoms with Crippen molar-refractivity contribution in [2.45, 2.75) is 19.5 Å². The molecule has 0 fully saturated rings. The molecule has 1 heterocycles. The molecule has 0 saturated carbocycles. The Labute approximate surface area is 88.8 Å². The van der Waals surface area contributed by atoms with E-state index in [1.54, 1.807) is 14.2 Å². The van der Waals surface area contributed by atoms with Gasteiger partial charge < -0.3 is 10.1 Å². The zero-order valence-corrected chi connectivity index (χ0v) is 9.43. The third-order valence-corrected chi connectivity index (χ3v) is 2.12. The van der Waals surface area contributed by atoms with Crippen molar-refractivity contribution < 1.29 is 4.74 Å². The summed E-state index contributed by atoms with van der Waals surface area (Å²) in [6.45, 7) is 3.98. The number of nitrogens with one attached hydrogen (secondary N) is 1. The molecule has 6 heteroatoms. The molecule has 0 aromatic carbocycles. The van der Waals surface area contributed by atoms with Gasteiger partial charge in [0.2, 0.25) is 0 Å². The van der Waals surface area contributed by atoms with E-state index in [2.05, 4.69) is 10.4 Å². The van der Waals surface area contributed by atoms with E-state index in [-0.39, 0.29) is 11.7 Å². The second-order valence-corrected chi connectivity index (χ2v) is 3.56. The van der Waals surface area contributed by atoms with Crippen molar-refractivity contribution >= 4 is 0 Å². The average Bonchev–Trinajstić information content (AvgIpc) is 2.50. The summed E-state index contributed by atoms with van der Waals surface area (Å²) in [4.78, 5) is 11.4. The zero-order chi connectivity index (χ0) is 11.3. The third-order valence-electron chi connectivity index (χ3n) is 2.12. The van der Waals surface area contributed by atoms with Gasteiger partial charge in [-0.15, -0.1) is 0 Å². The van der Waals surface area contributed by atoms with Crippen molar-refractivity contribution in [3.8, 4) is 0 Å². The molecule has 0 saturated heterocycles. The fourth-order valence-corrected chi connectivity index (χ4v) is 1.30. The van der Waals surface area contributed by atoms with Gasteiger partial charge in [-0.1, -0.05) is 0 Å². The second-order valence-electron chi connectivity index (χ2n) is 3.56. The Hall–Kier alpha value is -1.14. The van der Waals surface area contributed by atoms with E-state index in [1.165, 1.54) is 15.6 Å². The summed E-state index contributed by atoms with van der Waals surface area (Å²) in [6, 6.07) is 0.286. The molecule has 86 valence electrons. The van der Waals surface area contributed by atoms with Gasteiger partial charge in [-0.2, -0.15) is 5.10 Å². The minimum absolute atomic E-state index is 0.0869. The minimum Gasteiger partial charge on any atom is -0.383 e. The van der Waals surface area contributed by atoms with Crippen LogP contribution < -0.4 is 11.0 Å². The Morgan fingerprint density at radius 1 is 1.67 bits per heavy atom. The maximum absolute atomic E-state index is 11.4. The van der Waals surface area contributed by atoms with Crippen molar-refractivity contribution in [2.24, 2.45) is 7.05 Å². The lowest BCUT2D eigenvalue weighted by molar-refractivity contribution is 0.171. The Bertz CT molecular complexity index is 344. The lowest BCUT2D eigenvalue weighted by atomic mass is 10.3. The highest BCUT2D eigenvalue weighted by molar-refractivity contribution is 4.66. The first-order chi connectivity index (χ1) is 7.15. The number of aryl methyl sites for hydroxylation is 1. The molecule has 1 unspecified atom stereocenters. The molecule has 1 aromatic rings. The molecule has 0 aliphatic heterocycles. The fraction of sp³-hybridized carbons (Fsp3) is 0.778. The molecule has 1 rings (SSSR count). The Morgan fingerprint density at radius 3 is 2.93 bits per heavy atom. The van der Waals surface area contributed by atoms with Crippen LogP contribution in [0.25, 0.3) is 0 Å². The van der Waals surface area contributed by atoms with Gasteiger partial charge in [-0.05, 0) is 6.92 Å². The van der Waals surface area contributed by atoms with Crippen molar-refractivity contribution in [3.05, 3.63) is 16.8 Å². The predicted octanol–water partition coefficient (Wildman–Crippen LogP) is -0.794. The van der Waals surface area contributed by atoms with Crippen molar-refractivity contribution in [1.82, 2.24) is 19.7 Å². The van der Waals surface area contributed by atoms with Gasteiger partial charge in [-0.25, -0.2) is 9.48 Å². The first-order valence-electron chi connectivity index (χ1n) is 4.96. The third kappa shape index (κ3) is 3.49. The van der Waals surface area contributed by atoms with Gasteiger partial charge in [0, 0.05) is 26.7 Å². The van der Waals surface area contributed by atoms with Crippen LogP contribution in [0.5, 0.6) is 0 Å². The molecule has 0 bridgehead atoms. The van der Waals surface area contributed by atoms with Gasteiger partial charge in [0.05, 0.1) is 13.2 Å². The van der Waals surface area contributed by atoms with Crippen LogP contribution in [0.4, 0.5) is 0 Å². The Kier molecular flexibility index (Phi) is 4.51. The van der Waals surface area contributed by atoms with Crippen molar-refractivity contribution in [1.29, 1.82) is 0 Å². The molecule has 1 aromatic heterocycles. The van der Waals surface area contributed by atoms with Crippen molar-refractivity contribution in [3.63, 3.8) is 0 Å². The molecule has 0 spiro atoms. The molecular weight excluding hydrogens is 196 g/mol. The molecule has 0 aliphatic rings. The molecule has 1 atom stereocenters. The summed E-state index contributed by atoms with van der Waals surface area (Å²) in [7, 11) is 3.36. The van der Waals surface area contributed by atoms with Crippen LogP contribution in [-0.2, 0) is 18.3 Å². The molecule has 0 amide bonds. The average molecular weight is 214 g/mol. The monoisotopic (exact) mass is 214 g/mol. The minimum atomic E-state index is -0.0869. The molecule has 15 heavy (non-hydrogen) atoms. The van der Waals surface area contributed by atoms with Crippen LogP contribution >= 0.6 is 0 Å². The smallest absolute Gasteiger partial charge is 0.345 e. The van der Waals surface area contributed by atoms with Crippen LogP contribution in [0, 0.1) is 0 Å². The first-order valence-corrected chi connectivity index (χ1v) is 4.96. The van der Waals surface area contributed by atoms with E-state index in [1.807, 2.05) is 6.92 Å². The topological polar surface area (TPSA) is 61.1 Å². The Morgan fingerprint density at radius 2 is 2.40 bits per heavy atom. The molecular formula is C9H18N4O2. The number of methoxy groups -OCH3 is 1. The SMILES string of the molecule is COCC(C)NCCn1ncn(C)c1=O. The quantitative estimate of drug-likeness (QED) is 0.674. The van der Waals surface area contributed by atoms with Crippen LogP contribution in [0.15, 0.2) is 11.1 Å². The summed E-state index contributed by atoms with van der Waals surface area (Å²) in [6.07, 6.45) is 1.51. The summed E-state index contributed by atoms with van der Waals surface area (Å²) < 4.78 is 7.88. The van der Waals surface area contributed by atoms with E-state index in [4.69, 9.17) is 4.74 Å². The normalized spacial score (nSPS) is 13.0. The fourth-order valence-electron chi connectivity index (χ4n) is 1.30. The molecule has 0 radical (unpaired) electrons. The van der Waals surface area contributed by atoms with E-state index < -0.39 is 0 Å². The molecule has 6 nitrogen and oxygen atoms in total. The van der Waals surface area contributed by atoms with Crippen LogP contribution in [-0.4, -0.2) is 40.7 Å². The van der Waals surface area contributed by atoms with E-state index in [9.17, 15) is 4.79 Å². The van der Waals surface area contributed by atoms with Gasteiger partial charge in [-0.3, -0.25) is 4.57 Å². The number of hydrogen-bond donors (Lipinski definition) is 1. The maximum Gasteiger partial charge on any atom is 0.345 e. The van der Waals surface area contributed by atoms with Gasteiger partial charge in [0.15, 0.2) is 0 Å². The highest BCUT2D eigenvalue weighted by atomic mass is 16.5. The summed E-state index contributed by atoms with van der Waals surface area (Å²) in [5.74, 6) is 0. The van der Waals surface area contributed by atoms with Gasteiger partial charge >= 0.3 is 5.69 Å². The van der Waals surface area contributed by atoms with Gasteiger partial charge in [0.1, 0.15) is 6.33 Å². The maximum atomic E-state index is 11.4. The lowest BCUT2D eigenvalue weighted by Crippen LogP contribution is -2.35. The molecule has 0 aliphatic carbocycles. The largest absolute Gasteiger partial charge is 0.383 e. The number of ether oxygens (including phenoxy) is 1. The molecule has 1 N–H and O–H groups in total. The van der Waals surface area contributed by atoms with Crippen LogP contribution in [0.3, 0.4) is 0 Å². The number of nitrogens with zero attached hydrogens (tertiary/aromatic N) is 3. The predicted molar refractivity (Wildman–Crippen MR) is 56.8 cm³/mol.